The van der Waals surface area contributed by atoms with Gasteiger partial charge in [0.25, 0.3) is 11.8 Å². The van der Waals surface area contributed by atoms with Gasteiger partial charge in [0.1, 0.15) is 11.4 Å². The number of morpholine rings is 1. The Balaban J connectivity index is 0.00000361. The van der Waals surface area contributed by atoms with Gasteiger partial charge in [-0.25, -0.2) is 4.79 Å². The number of alkyl halides is 2. The molecule has 0 aliphatic carbocycles. The van der Waals surface area contributed by atoms with Crippen LogP contribution in [0, 0.1) is 5.41 Å². The van der Waals surface area contributed by atoms with Crippen molar-refractivity contribution in [3.05, 3.63) is 53.1 Å². The van der Waals surface area contributed by atoms with E-state index in [-0.39, 0.29) is 37.1 Å². The van der Waals surface area contributed by atoms with Crippen molar-refractivity contribution in [3.8, 4) is 5.75 Å². The second kappa shape index (κ2) is 10.8. The molecule has 0 saturated carbocycles. The van der Waals surface area contributed by atoms with E-state index in [1.54, 1.807) is 12.1 Å². The molecule has 11 nitrogen and oxygen atoms in total. The van der Waals surface area contributed by atoms with Gasteiger partial charge < -0.3 is 35.2 Å². The first-order chi connectivity index (χ1) is 16.7. The van der Waals surface area contributed by atoms with Crippen LogP contribution in [0.3, 0.4) is 0 Å². The van der Waals surface area contributed by atoms with E-state index in [9.17, 15) is 33.4 Å². The number of nitrogens with one attached hydrogen (secondary N) is 3. The summed E-state index contributed by atoms with van der Waals surface area (Å²) >= 11 is 0. The summed E-state index contributed by atoms with van der Waals surface area (Å²) in [5, 5.41) is 33.0. The highest BCUT2D eigenvalue weighted by atomic mass is 35.5. The van der Waals surface area contributed by atoms with E-state index in [0.717, 1.165) is 16.5 Å². The zero-order valence-electron chi connectivity index (χ0n) is 18.4. The van der Waals surface area contributed by atoms with Crippen LogP contribution < -0.4 is 20.3 Å². The van der Waals surface area contributed by atoms with Crippen molar-refractivity contribution < 1.29 is 42.9 Å². The normalized spacial score (nSPS) is 17.7. The SMILES string of the molecule is Cl.N=C1NCc2cc(NC(=O)[C@H](O)[C@H]3OCCN(c4cccc(C(=O)O)c4OC(F)F)C3=O)ccc21. The van der Waals surface area contributed by atoms with Crippen LogP contribution in [0.1, 0.15) is 21.5 Å². The van der Waals surface area contributed by atoms with Crippen LogP contribution in [-0.4, -0.2) is 65.8 Å². The number of carbonyl (C=O) groups is 3. The average Bonchev–Trinajstić information content (AvgIpc) is 3.18. The number of aliphatic hydroxyl groups is 1. The van der Waals surface area contributed by atoms with Gasteiger partial charge >= 0.3 is 12.6 Å². The summed E-state index contributed by atoms with van der Waals surface area (Å²) < 4.78 is 35.7. The van der Waals surface area contributed by atoms with Gasteiger partial charge in [0.2, 0.25) is 0 Å². The highest BCUT2D eigenvalue weighted by molar-refractivity contribution is 6.06. The number of carbonyl (C=O) groups excluding carboxylic acids is 2. The molecule has 5 N–H and O–H groups in total. The third-order valence-corrected chi connectivity index (χ3v) is 5.50. The van der Waals surface area contributed by atoms with Crippen molar-refractivity contribution in [3.63, 3.8) is 0 Å². The molecule has 0 radical (unpaired) electrons. The summed E-state index contributed by atoms with van der Waals surface area (Å²) in [6.45, 7) is -3.28. The fourth-order valence-electron chi connectivity index (χ4n) is 3.88. The maximum absolute atomic E-state index is 13.1. The molecular formula is C22H21ClF2N4O7. The molecule has 2 aromatic carbocycles. The van der Waals surface area contributed by atoms with Crippen LogP contribution >= 0.6 is 12.4 Å². The summed E-state index contributed by atoms with van der Waals surface area (Å²) in [6, 6.07) is 8.29. The summed E-state index contributed by atoms with van der Waals surface area (Å²) in [5.41, 5.74) is 0.922. The molecule has 192 valence electrons. The highest BCUT2D eigenvalue weighted by Gasteiger charge is 2.40. The number of aliphatic hydroxyl groups excluding tert-OH is 1. The Morgan fingerprint density at radius 2 is 2.03 bits per heavy atom. The molecule has 1 saturated heterocycles. The molecule has 2 aliphatic rings. The molecule has 36 heavy (non-hydrogen) atoms. The van der Waals surface area contributed by atoms with Crippen molar-refractivity contribution >= 4 is 47.4 Å². The van der Waals surface area contributed by atoms with Crippen LogP contribution in [0.4, 0.5) is 20.2 Å². The molecule has 2 atom stereocenters. The van der Waals surface area contributed by atoms with Crippen LogP contribution in [0.2, 0.25) is 0 Å². The third kappa shape index (κ3) is 5.22. The number of rotatable bonds is 7. The lowest BCUT2D eigenvalue weighted by atomic mass is 10.1. The number of fused-ring (bicyclic) bond motifs is 1. The fraction of sp³-hybridized carbons (Fsp3) is 0.273. The Hall–Kier alpha value is -3.81. The number of carboxylic acid groups (broad SMARTS) is 1. The van der Waals surface area contributed by atoms with Crippen LogP contribution in [-0.2, 0) is 20.9 Å². The van der Waals surface area contributed by atoms with Gasteiger partial charge in [-0.2, -0.15) is 8.78 Å². The molecule has 1 fully saturated rings. The largest absolute Gasteiger partial charge is 0.478 e. The quantitative estimate of drug-likeness (QED) is 0.363. The van der Waals surface area contributed by atoms with E-state index in [0.29, 0.717) is 17.8 Å². The zero-order valence-corrected chi connectivity index (χ0v) is 19.2. The van der Waals surface area contributed by atoms with Gasteiger partial charge in [-0.05, 0) is 35.9 Å². The first-order valence-corrected chi connectivity index (χ1v) is 10.4. The Kier molecular flexibility index (Phi) is 8.07. The number of ether oxygens (including phenoxy) is 2. The molecule has 0 unspecified atom stereocenters. The predicted octanol–water partition coefficient (Wildman–Crippen LogP) is 1.57. The number of nitrogens with zero attached hydrogens (tertiary/aromatic N) is 1. The molecule has 14 heteroatoms. The van der Waals surface area contributed by atoms with Crippen molar-refractivity contribution in [1.82, 2.24) is 5.32 Å². The fourth-order valence-corrected chi connectivity index (χ4v) is 3.88. The van der Waals surface area contributed by atoms with E-state index in [1.165, 1.54) is 18.2 Å². The lowest BCUT2D eigenvalue weighted by Crippen LogP contribution is -2.55. The molecule has 0 bridgehead atoms. The maximum Gasteiger partial charge on any atom is 0.387 e. The minimum Gasteiger partial charge on any atom is -0.478 e. The van der Waals surface area contributed by atoms with Gasteiger partial charge in [-0.1, -0.05) is 6.07 Å². The summed E-state index contributed by atoms with van der Waals surface area (Å²) in [4.78, 5) is 38.1. The maximum atomic E-state index is 13.1. The third-order valence-electron chi connectivity index (χ3n) is 5.50. The number of anilines is 2. The minimum absolute atomic E-state index is 0. The molecule has 0 aromatic heterocycles. The van der Waals surface area contributed by atoms with Crippen molar-refractivity contribution in [2.45, 2.75) is 25.4 Å². The van der Waals surface area contributed by atoms with Gasteiger partial charge in [-0.3, -0.25) is 15.0 Å². The van der Waals surface area contributed by atoms with Crippen LogP contribution in [0.5, 0.6) is 5.75 Å². The number of hydrogen-bond donors (Lipinski definition) is 5. The molecule has 4 rings (SSSR count). The molecule has 2 aliphatic heterocycles. The summed E-state index contributed by atoms with van der Waals surface area (Å²) in [5.74, 6) is -3.90. The van der Waals surface area contributed by atoms with E-state index in [4.69, 9.17) is 10.1 Å². The van der Waals surface area contributed by atoms with E-state index >= 15 is 0 Å². The number of aromatic carboxylic acids is 1. The number of benzene rings is 2. The standard InChI is InChI=1S/C22H20F2N4O7.ClH/c23-22(24)35-16-13(21(32)33)2-1-3-14(16)28-6-7-34-17(20(28)31)15(29)19(30)27-11-4-5-12-10(8-11)9-26-18(12)25;/h1-5,8,15,17,22,29H,6-7,9H2,(H2,25,26)(H,27,30)(H,32,33);1H/t15-,17-;/m1./s1. The first-order valence-electron chi connectivity index (χ1n) is 10.4. The van der Waals surface area contributed by atoms with E-state index in [2.05, 4.69) is 15.4 Å². The lowest BCUT2D eigenvalue weighted by Gasteiger charge is -2.35. The lowest BCUT2D eigenvalue weighted by molar-refractivity contribution is -0.150. The average molecular weight is 527 g/mol. The van der Waals surface area contributed by atoms with Gasteiger partial charge in [-0.15, -0.1) is 12.4 Å². The van der Waals surface area contributed by atoms with Crippen molar-refractivity contribution in [2.75, 3.05) is 23.4 Å². The van der Waals surface area contributed by atoms with Gasteiger partial charge in [0.15, 0.2) is 18.0 Å². The highest BCUT2D eigenvalue weighted by Crippen LogP contribution is 2.35. The summed E-state index contributed by atoms with van der Waals surface area (Å²) in [6.07, 6.45) is -3.64. The Morgan fingerprint density at radius 3 is 2.72 bits per heavy atom. The Bertz CT molecular complexity index is 1210. The minimum atomic E-state index is -3.36. The monoisotopic (exact) mass is 526 g/mol. The Morgan fingerprint density at radius 1 is 1.28 bits per heavy atom. The predicted molar refractivity (Wildman–Crippen MR) is 124 cm³/mol. The van der Waals surface area contributed by atoms with Crippen LogP contribution in [0.15, 0.2) is 36.4 Å². The number of hydrogen-bond acceptors (Lipinski definition) is 7. The number of para-hydroxylation sites is 1. The van der Waals surface area contributed by atoms with Crippen molar-refractivity contribution in [1.29, 1.82) is 5.41 Å². The Labute approximate surface area is 208 Å². The smallest absolute Gasteiger partial charge is 0.387 e. The number of halogens is 3. The second-order valence-electron chi connectivity index (χ2n) is 7.65. The molecule has 0 spiro atoms. The van der Waals surface area contributed by atoms with Crippen molar-refractivity contribution in [2.24, 2.45) is 0 Å². The molecular weight excluding hydrogens is 506 g/mol. The number of amidine groups is 1. The zero-order chi connectivity index (χ0) is 25.3. The molecule has 2 heterocycles. The van der Waals surface area contributed by atoms with Gasteiger partial charge in [0.05, 0.1) is 12.3 Å². The second-order valence-corrected chi connectivity index (χ2v) is 7.65. The van der Waals surface area contributed by atoms with Gasteiger partial charge in [0, 0.05) is 24.3 Å². The molecule has 2 amide bonds. The number of amides is 2. The van der Waals surface area contributed by atoms with E-state index < -0.39 is 47.9 Å². The first kappa shape index (κ1) is 26.8. The number of carboxylic acids is 1. The summed E-state index contributed by atoms with van der Waals surface area (Å²) in [7, 11) is 0. The molecule has 2 aromatic rings. The van der Waals surface area contributed by atoms with Crippen LogP contribution in [0.25, 0.3) is 0 Å². The van der Waals surface area contributed by atoms with E-state index in [1.807, 2.05) is 0 Å². The topological polar surface area (TPSA) is 161 Å².